The molecule has 0 N–H and O–H groups in total. The summed E-state index contributed by atoms with van der Waals surface area (Å²) in [5.74, 6) is 0. The van der Waals surface area contributed by atoms with Crippen molar-refractivity contribution in [2.45, 2.75) is 4.90 Å². The molecule has 5 nitrogen and oxygen atoms in total. The van der Waals surface area contributed by atoms with E-state index in [0.717, 1.165) is 6.07 Å². The van der Waals surface area contributed by atoms with Crippen LogP contribution in [0.2, 0.25) is 0 Å². The molecule has 13 heavy (non-hydrogen) atoms. The molecule has 0 aliphatic heterocycles. The Morgan fingerprint density at radius 2 is 1.77 bits per heavy atom. The largest absolute Gasteiger partial charge is 1.00 e. The van der Waals surface area contributed by atoms with Crippen molar-refractivity contribution in [1.82, 2.24) is 0 Å². The molecule has 0 bridgehead atoms. The smallest absolute Gasteiger partial charge is 0.419 e. The summed E-state index contributed by atoms with van der Waals surface area (Å²) >= 11 is 0. The molecule has 1 aromatic carbocycles. The van der Waals surface area contributed by atoms with Gasteiger partial charge in [-0.1, -0.05) is 18.2 Å². The summed E-state index contributed by atoms with van der Waals surface area (Å²) in [6.07, 6.45) is 0. The van der Waals surface area contributed by atoms with Gasteiger partial charge in [0.2, 0.25) is 0 Å². The number of nitrogens with zero attached hydrogens (tertiary/aromatic N) is 1. The first kappa shape index (κ1) is 12.4. The maximum Gasteiger partial charge on any atom is 1.00 e. The summed E-state index contributed by atoms with van der Waals surface area (Å²) in [5.41, 5.74) is -0.397. The molecule has 67 valence electrons. The number of para-hydroxylation sites is 1. The van der Waals surface area contributed by atoms with Crippen LogP contribution >= 0.6 is 0 Å². The van der Waals surface area contributed by atoms with E-state index in [4.69, 9.17) is 0 Å². The van der Waals surface area contributed by atoms with Crippen LogP contribution in [0.5, 0.6) is 0 Å². The number of rotatable bonds is 2. The Balaban J connectivity index is 0.00000144. The van der Waals surface area contributed by atoms with Crippen LogP contribution < -0.4 is 0 Å². The third kappa shape index (κ3) is 2.96. The van der Waals surface area contributed by atoms with Crippen molar-refractivity contribution in [2.75, 3.05) is 0 Å². The zero-order valence-electron chi connectivity index (χ0n) is 6.30. The second kappa shape index (κ2) is 5.17. The van der Waals surface area contributed by atoms with E-state index in [9.17, 15) is 18.5 Å². The molecular formula is C6H4NO4SSn. The minimum Gasteiger partial charge on any atom is -0.419 e. The van der Waals surface area contributed by atoms with Crippen molar-refractivity contribution in [3.05, 3.63) is 34.4 Å². The Hall–Kier alpha value is -0.631. The van der Waals surface area contributed by atoms with Crippen LogP contribution in [-0.4, -0.2) is 28.8 Å². The molecule has 0 aliphatic carbocycles. The van der Waals surface area contributed by atoms with Crippen molar-refractivity contribution < 1.29 is 13.3 Å². The van der Waals surface area contributed by atoms with E-state index in [0.29, 0.717) is 0 Å². The molecule has 0 saturated carbocycles. The van der Waals surface area contributed by atoms with Gasteiger partial charge in [-0.05, 0) is 15.6 Å². The molecule has 0 saturated heterocycles. The molecular weight excluding hydrogens is 301 g/mol. The van der Waals surface area contributed by atoms with Gasteiger partial charge in [0.05, 0.1) is 4.92 Å². The second-order valence-electron chi connectivity index (χ2n) is 1.96. The molecule has 0 atom stereocenters. The first-order valence-corrected chi connectivity index (χ1v) is 4.03. The van der Waals surface area contributed by atoms with Gasteiger partial charge in [-0.25, -0.2) is 0 Å². The van der Waals surface area contributed by atoms with E-state index in [1.54, 1.807) is 0 Å². The number of hydrogen-bond acceptors (Lipinski definition) is 5. The third-order valence-electron chi connectivity index (χ3n) is 1.24. The van der Waals surface area contributed by atoms with Gasteiger partial charge in [-0.2, -0.15) is 0 Å². The molecule has 0 heterocycles. The van der Waals surface area contributed by atoms with Gasteiger partial charge in [0.1, 0.15) is 0 Å². The molecule has 3 radical (unpaired) electrons. The van der Waals surface area contributed by atoms with Gasteiger partial charge in [0.25, 0.3) is 5.69 Å². The fourth-order valence-electron chi connectivity index (χ4n) is 0.749. The Kier molecular flexibility index (Phi) is 4.92. The summed E-state index contributed by atoms with van der Waals surface area (Å²) in [6, 6.07) is 5.17. The molecule has 0 aliphatic rings. The maximum atomic E-state index is 10.4. The van der Waals surface area contributed by atoms with Gasteiger partial charge >= 0.3 is 23.9 Å². The minimum atomic E-state index is -2.55. The second-order valence-corrected chi connectivity index (χ2v) is 2.87. The van der Waals surface area contributed by atoms with E-state index in [2.05, 4.69) is 0 Å². The Bertz CT molecular complexity index is 382. The molecule has 1 rings (SSSR count). The number of nitro groups is 1. The van der Waals surface area contributed by atoms with Crippen molar-refractivity contribution in [1.29, 1.82) is 0 Å². The van der Waals surface area contributed by atoms with Crippen LogP contribution in [0.3, 0.4) is 0 Å². The first-order chi connectivity index (χ1) is 5.63. The minimum absolute atomic E-state index is 0. The van der Waals surface area contributed by atoms with Gasteiger partial charge in [0, 0.05) is 6.07 Å². The van der Waals surface area contributed by atoms with E-state index in [1.807, 2.05) is 0 Å². The third-order valence-corrected chi connectivity index (χ3v) is 1.95. The zero-order chi connectivity index (χ0) is 9.14. The van der Waals surface area contributed by atoms with Crippen molar-refractivity contribution >= 4 is 40.3 Å². The normalized spacial score (nSPS) is 9.31. The number of benzene rings is 1. The van der Waals surface area contributed by atoms with Gasteiger partial charge in [-0.15, -0.1) is 0 Å². The van der Waals surface area contributed by atoms with Gasteiger partial charge in [-0.3, -0.25) is 10.1 Å². The monoisotopic (exact) mass is 306 g/mol. The van der Waals surface area contributed by atoms with Crippen LogP contribution in [0.1, 0.15) is 0 Å². The van der Waals surface area contributed by atoms with E-state index >= 15 is 0 Å². The SMILES string of the molecule is O=[N+]([O-])c1ccccc1[S-](=O)=O.[Sn+]. The molecule has 0 fully saturated rings. The van der Waals surface area contributed by atoms with Crippen molar-refractivity contribution in [3.8, 4) is 0 Å². The predicted octanol–water partition coefficient (Wildman–Crippen LogP) is 0.882. The van der Waals surface area contributed by atoms with Crippen LogP contribution in [0.4, 0.5) is 5.69 Å². The quantitative estimate of drug-likeness (QED) is 0.352. The average molecular weight is 305 g/mol. The Labute approximate surface area is 92.8 Å². The molecule has 1 aromatic rings. The van der Waals surface area contributed by atoms with Crippen molar-refractivity contribution in [2.24, 2.45) is 0 Å². The first-order valence-electron chi connectivity index (χ1n) is 2.95. The van der Waals surface area contributed by atoms with Crippen LogP contribution in [-0.2, 0) is 19.1 Å². The predicted molar refractivity (Wildman–Crippen MR) is 45.9 cm³/mol. The summed E-state index contributed by atoms with van der Waals surface area (Å²) in [4.78, 5) is 9.24. The van der Waals surface area contributed by atoms with Crippen LogP contribution in [0.25, 0.3) is 0 Å². The number of nitro benzene ring substituents is 1. The molecule has 0 aromatic heterocycles. The van der Waals surface area contributed by atoms with Crippen molar-refractivity contribution in [3.63, 3.8) is 0 Å². The van der Waals surface area contributed by atoms with Crippen LogP contribution in [0, 0.1) is 10.1 Å². The standard InChI is InChI=1S/C6H4NO4S.Sn/c8-7(9)5-3-1-2-4-6(5)12(10)11;/h1-4H;/q-1;+1. The Morgan fingerprint density at radius 3 is 2.15 bits per heavy atom. The average Bonchev–Trinajstić information content (AvgIpc) is 2.04. The van der Waals surface area contributed by atoms with E-state index in [-0.39, 0.29) is 28.8 Å². The molecule has 0 spiro atoms. The summed E-state index contributed by atoms with van der Waals surface area (Å²) in [6.45, 7) is 0. The van der Waals surface area contributed by atoms with Crippen LogP contribution in [0.15, 0.2) is 29.2 Å². The fraction of sp³-hybridized carbons (Fsp3) is 0. The van der Waals surface area contributed by atoms with E-state index in [1.165, 1.54) is 18.2 Å². The summed E-state index contributed by atoms with van der Waals surface area (Å²) in [7, 11) is -2.55. The van der Waals surface area contributed by atoms with Gasteiger partial charge < -0.3 is 8.42 Å². The topological polar surface area (TPSA) is 77.3 Å². The maximum absolute atomic E-state index is 10.4. The van der Waals surface area contributed by atoms with Gasteiger partial charge in [0.15, 0.2) is 0 Å². The fourth-order valence-corrected chi connectivity index (χ4v) is 1.25. The molecule has 0 unspecified atom stereocenters. The summed E-state index contributed by atoms with van der Waals surface area (Å²) < 4.78 is 20.8. The van der Waals surface area contributed by atoms with E-state index < -0.39 is 21.3 Å². The number of hydrogen-bond donors (Lipinski definition) is 0. The molecule has 7 heteroatoms. The molecule has 0 amide bonds. The zero-order valence-corrected chi connectivity index (χ0v) is 9.97. The summed E-state index contributed by atoms with van der Waals surface area (Å²) in [5, 5.41) is 10.3. The Morgan fingerprint density at radius 1 is 1.23 bits per heavy atom.